The molecule has 8 aromatic carbocycles. The lowest BCUT2D eigenvalue weighted by molar-refractivity contribution is 1.07. The maximum Gasteiger partial charge on any atom is 0.164 e. The topological polar surface area (TPSA) is 38.7 Å². The Morgan fingerprint density at radius 2 is 0.556 bits per heavy atom. The van der Waals surface area contributed by atoms with E-state index in [0.29, 0.717) is 17.5 Å². The first kappa shape index (κ1) is 32.7. The Labute approximate surface area is 316 Å². The van der Waals surface area contributed by atoms with Crippen molar-refractivity contribution in [3.8, 4) is 89.8 Å². The van der Waals surface area contributed by atoms with Crippen LogP contribution in [0.1, 0.15) is 0 Å². The van der Waals surface area contributed by atoms with Crippen LogP contribution < -0.4 is 0 Å². The van der Waals surface area contributed by atoms with Gasteiger partial charge in [0.05, 0.1) is 0 Å². The first-order valence-electron chi connectivity index (χ1n) is 18.2. The van der Waals surface area contributed by atoms with Gasteiger partial charge in [0.25, 0.3) is 0 Å². The van der Waals surface area contributed by atoms with Crippen molar-refractivity contribution in [1.82, 2.24) is 15.0 Å². The van der Waals surface area contributed by atoms with Gasteiger partial charge in [-0.15, -0.1) is 0 Å². The lowest BCUT2D eigenvalue weighted by Crippen LogP contribution is -2.02. The zero-order valence-corrected chi connectivity index (χ0v) is 29.5. The summed E-state index contributed by atoms with van der Waals surface area (Å²) in [5.74, 6) is 1.85. The molecule has 0 aliphatic heterocycles. The molecule has 0 saturated heterocycles. The molecule has 3 heteroatoms. The fourth-order valence-electron chi connectivity index (χ4n) is 7.13. The summed E-state index contributed by atoms with van der Waals surface area (Å²) < 4.78 is 0. The fraction of sp³-hybridized carbons (Fsp3) is 0. The van der Waals surface area contributed by atoms with Crippen molar-refractivity contribution in [3.63, 3.8) is 0 Å². The molecule has 9 aromatic rings. The van der Waals surface area contributed by atoms with Gasteiger partial charge in [-0.25, -0.2) is 15.0 Å². The molecule has 0 fully saturated rings. The Kier molecular flexibility index (Phi) is 8.94. The molecular weight excluding hydrogens is 655 g/mol. The third kappa shape index (κ3) is 6.63. The van der Waals surface area contributed by atoms with Crippen LogP contribution in [-0.4, -0.2) is 15.0 Å². The van der Waals surface area contributed by atoms with Gasteiger partial charge in [-0.05, 0) is 67.8 Å². The lowest BCUT2D eigenvalue weighted by atomic mass is 9.91. The van der Waals surface area contributed by atoms with Crippen LogP contribution >= 0.6 is 0 Å². The largest absolute Gasteiger partial charge is 0.208 e. The minimum absolute atomic E-state index is 0.614. The smallest absolute Gasteiger partial charge is 0.164 e. The summed E-state index contributed by atoms with van der Waals surface area (Å²) in [5, 5.41) is 0. The van der Waals surface area contributed by atoms with E-state index in [1.54, 1.807) is 0 Å². The fourth-order valence-corrected chi connectivity index (χ4v) is 7.13. The average Bonchev–Trinajstić information content (AvgIpc) is 3.27. The van der Waals surface area contributed by atoms with Gasteiger partial charge in [-0.2, -0.15) is 0 Å². The van der Waals surface area contributed by atoms with Crippen LogP contribution in [0.25, 0.3) is 89.8 Å². The second kappa shape index (κ2) is 14.8. The molecule has 1 aromatic heterocycles. The Balaban J connectivity index is 1.26. The van der Waals surface area contributed by atoms with Gasteiger partial charge >= 0.3 is 0 Å². The third-order valence-corrected chi connectivity index (χ3v) is 9.78. The standard InChI is InChI=1S/C51H35N3/c1-5-18-36(19-6-1)40-26-17-27-41(34-40)49-52-50(42-32-33-44(38-22-9-3-10-23-38)48(35-42)39-24-11-4-12-25-39)54-51(53-49)47-31-16-15-30-46(47)45-29-14-13-28-43(45)37-20-7-2-8-21-37/h1-35H. The van der Waals surface area contributed by atoms with Crippen molar-refractivity contribution in [2.75, 3.05) is 0 Å². The van der Waals surface area contributed by atoms with Crippen molar-refractivity contribution in [3.05, 3.63) is 212 Å². The zero-order valence-electron chi connectivity index (χ0n) is 29.5. The van der Waals surface area contributed by atoms with Gasteiger partial charge in [-0.1, -0.05) is 200 Å². The van der Waals surface area contributed by atoms with E-state index in [-0.39, 0.29) is 0 Å². The number of rotatable bonds is 8. The summed E-state index contributed by atoms with van der Waals surface area (Å²) in [6, 6.07) is 74.0. The average molecular weight is 690 g/mol. The van der Waals surface area contributed by atoms with Gasteiger partial charge in [0.2, 0.25) is 0 Å². The number of hydrogen-bond donors (Lipinski definition) is 0. The second-order valence-electron chi connectivity index (χ2n) is 13.2. The molecule has 0 spiro atoms. The molecule has 0 N–H and O–H groups in total. The zero-order chi connectivity index (χ0) is 36.1. The number of hydrogen-bond acceptors (Lipinski definition) is 3. The number of aromatic nitrogens is 3. The van der Waals surface area contributed by atoms with Gasteiger partial charge in [0.1, 0.15) is 0 Å². The SMILES string of the molecule is c1ccc(-c2cccc(-c3nc(-c4ccc(-c5ccccc5)c(-c5ccccc5)c4)nc(-c4ccccc4-c4ccccc4-c4ccccc4)n3)c2)cc1. The Morgan fingerprint density at radius 3 is 1.13 bits per heavy atom. The summed E-state index contributed by atoms with van der Waals surface area (Å²) in [6.45, 7) is 0. The maximum atomic E-state index is 5.28. The molecule has 254 valence electrons. The van der Waals surface area contributed by atoms with Gasteiger partial charge < -0.3 is 0 Å². The number of nitrogens with zero attached hydrogens (tertiary/aromatic N) is 3. The van der Waals surface area contributed by atoms with Gasteiger partial charge in [0.15, 0.2) is 17.5 Å². The predicted octanol–water partition coefficient (Wildman–Crippen LogP) is 13.2. The second-order valence-corrected chi connectivity index (χ2v) is 13.2. The maximum absolute atomic E-state index is 5.28. The van der Waals surface area contributed by atoms with Crippen molar-refractivity contribution >= 4 is 0 Å². The number of benzene rings is 8. The molecule has 0 saturated carbocycles. The van der Waals surface area contributed by atoms with E-state index >= 15 is 0 Å². The molecule has 0 aliphatic rings. The van der Waals surface area contributed by atoms with Crippen LogP contribution in [0.5, 0.6) is 0 Å². The van der Waals surface area contributed by atoms with E-state index < -0.39 is 0 Å². The van der Waals surface area contributed by atoms with E-state index in [9.17, 15) is 0 Å². The van der Waals surface area contributed by atoms with Crippen molar-refractivity contribution < 1.29 is 0 Å². The van der Waals surface area contributed by atoms with Crippen LogP contribution in [-0.2, 0) is 0 Å². The van der Waals surface area contributed by atoms with E-state index in [2.05, 4.69) is 206 Å². The van der Waals surface area contributed by atoms with Crippen LogP contribution in [0.2, 0.25) is 0 Å². The van der Waals surface area contributed by atoms with Crippen LogP contribution in [0.15, 0.2) is 212 Å². The molecule has 9 rings (SSSR count). The molecule has 54 heavy (non-hydrogen) atoms. The molecule has 0 unspecified atom stereocenters. The summed E-state index contributed by atoms with van der Waals surface area (Å²) in [6.07, 6.45) is 0. The monoisotopic (exact) mass is 689 g/mol. The molecule has 0 atom stereocenters. The normalized spacial score (nSPS) is 11.0. The van der Waals surface area contributed by atoms with E-state index in [1.165, 1.54) is 0 Å². The van der Waals surface area contributed by atoms with Crippen molar-refractivity contribution in [1.29, 1.82) is 0 Å². The van der Waals surface area contributed by atoms with Crippen LogP contribution in [0.4, 0.5) is 0 Å². The quantitative estimate of drug-likeness (QED) is 0.159. The Hall–Kier alpha value is -7.23. The predicted molar refractivity (Wildman–Crippen MR) is 223 cm³/mol. The first-order chi connectivity index (χ1) is 26.8. The van der Waals surface area contributed by atoms with Gasteiger partial charge in [-0.3, -0.25) is 0 Å². The lowest BCUT2D eigenvalue weighted by Gasteiger charge is -2.16. The highest BCUT2D eigenvalue weighted by Gasteiger charge is 2.19. The van der Waals surface area contributed by atoms with Gasteiger partial charge in [0, 0.05) is 16.7 Å². The van der Waals surface area contributed by atoms with Crippen LogP contribution in [0, 0.1) is 0 Å². The highest BCUT2D eigenvalue weighted by molar-refractivity contribution is 5.91. The highest BCUT2D eigenvalue weighted by Crippen LogP contribution is 2.39. The third-order valence-electron chi connectivity index (χ3n) is 9.78. The molecule has 0 amide bonds. The first-order valence-corrected chi connectivity index (χ1v) is 18.2. The van der Waals surface area contributed by atoms with E-state index in [0.717, 1.165) is 72.3 Å². The van der Waals surface area contributed by atoms with E-state index in [4.69, 9.17) is 15.0 Å². The molecule has 0 radical (unpaired) electrons. The summed E-state index contributed by atoms with van der Waals surface area (Å²) >= 11 is 0. The van der Waals surface area contributed by atoms with Crippen LogP contribution in [0.3, 0.4) is 0 Å². The Bertz CT molecular complexity index is 2690. The summed E-state index contributed by atoms with van der Waals surface area (Å²) in [7, 11) is 0. The minimum Gasteiger partial charge on any atom is -0.208 e. The summed E-state index contributed by atoms with van der Waals surface area (Å²) in [5.41, 5.74) is 14.1. The molecule has 1 heterocycles. The van der Waals surface area contributed by atoms with Crippen molar-refractivity contribution in [2.24, 2.45) is 0 Å². The molecular formula is C51H35N3. The molecule has 3 nitrogen and oxygen atoms in total. The molecule has 0 bridgehead atoms. The summed E-state index contributed by atoms with van der Waals surface area (Å²) in [4.78, 5) is 15.7. The Morgan fingerprint density at radius 1 is 0.185 bits per heavy atom. The van der Waals surface area contributed by atoms with Crippen molar-refractivity contribution in [2.45, 2.75) is 0 Å². The van der Waals surface area contributed by atoms with E-state index in [1.807, 2.05) is 6.07 Å². The highest BCUT2D eigenvalue weighted by atomic mass is 15.0. The minimum atomic E-state index is 0.614. The molecule has 0 aliphatic carbocycles.